The first-order chi connectivity index (χ1) is 8.93. The third-order valence-electron chi connectivity index (χ3n) is 3.08. The summed E-state index contributed by atoms with van der Waals surface area (Å²) < 4.78 is 20.7. The second kappa shape index (κ2) is 4.72. The van der Waals surface area contributed by atoms with Crippen molar-refractivity contribution < 1.29 is 19.3 Å². The van der Waals surface area contributed by atoms with E-state index in [2.05, 4.69) is 11.6 Å². The minimum Gasteiger partial charge on any atom is -0.394 e. The van der Waals surface area contributed by atoms with Crippen LogP contribution in [0.2, 0.25) is 0 Å². The lowest BCUT2D eigenvalue weighted by molar-refractivity contribution is -0.0554. The number of aromatic nitrogens is 2. The number of ether oxygens (including phenoxy) is 1. The van der Waals surface area contributed by atoms with Crippen LogP contribution < -0.4 is 11.4 Å². The summed E-state index contributed by atoms with van der Waals surface area (Å²) in [7, 11) is 0. The number of nitrogen functional groups attached to an aromatic ring is 1. The molecule has 0 radical (unpaired) electrons. The van der Waals surface area contributed by atoms with Crippen LogP contribution in [0.3, 0.4) is 0 Å². The van der Waals surface area contributed by atoms with Gasteiger partial charge in [0.05, 0.1) is 6.61 Å². The normalized spacial score (nSPS) is 34.4. The molecular weight excluding hydrogens is 257 g/mol. The first-order valence-electron chi connectivity index (χ1n) is 5.55. The van der Waals surface area contributed by atoms with Gasteiger partial charge in [-0.1, -0.05) is 6.58 Å². The van der Waals surface area contributed by atoms with E-state index < -0.39 is 36.4 Å². The van der Waals surface area contributed by atoms with Crippen molar-refractivity contribution in [2.24, 2.45) is 0 Å². The fourth-order valence-corrected chi connectivity index (χ4v) is 2.02. The molecule has 1 aromatic heterocycles. The standard InChI is InChI=1S/C11H14FN3O4/c1-2-11(12)8(17)6(5-16)19-9(11)15-4-3-7(13)14-10(15)18/h2-4,6,8-9,16-17H,1,5H2,(H2,13,14,18)/t6-,8?,9-,11?/m1/s1. The van der Waals surface area contributed by atoms with Crippen LogP contribution in [-0.2, 0) is 4.74 Å². The molecule has 0 saturated carbocycles. The van der Waals surface area contributed by atoms with Gasteiger partial charge in [-0.2, -0.15) is 4.98 Å². The topological polar surface area (TPSA) is 111 Å². The van der Waals surface area contributed by atoms with Crippen molar-refractivity contribution in [2.45, 2.75) is 24.1 Å². The molecule has 7 nitrogen and oxygen atoms in total. The molecule has 4 N–H and O–H groups in total. The van der Waals surface area contributed by atoms with E-state index in [-0.39, 0.29) is 5.82 Å². The Labute approximate surface area is 107 Å². The van der Waals surface area contributed by atoms with Gasteiger partial charge in [-0.15, -0.1) is 0 Å². The van der Waals surface area contributed by atoms with Crippen molar-refractivity contribution in [1.82, 2.24) is 9.55 Å². The van der Waals surface area contributed by atoms with Crippen molar-refractivity contribution in [3.05, 3.63) is 35.4 Å². The molecular formula is C11H14FN3O4. The smallest absolute Gasteiger partial charge is 0.351 e. The van der Waals surface area contributed by atoms with Crippen LogP contribution in [0.15, 0.2) is 29.7 Å². The Morgan fingerprint density at radius 3 is 2.95 bits per heavy atom. The van der Waals surface area contributed by atoms with Gasteiger partial charge in [-0.05, 0) is 12.1 Å². The van der Waals surface area contributed by atoms with E-state index in [9.17, 15) is 14.3 Å². The van der Waals surface area contributed by atoms with E-state index in [4.69, 9.17) is 15.6 Å². The highest BCUT2D eigenvalue weighted by atomic mass is 19.1. The van der Waals surface area contributed by atoms with Crippen LogP contribution in [-0.4, -0.2) is 44.2 Å². The second-order valence-corrected chi connectivity index (χ2v) is 4.23. The summed E-state index contributed by atoms with van der Waals surface area (Å²) in [5, 5.41) is 18.8. The molecule has 0 bridgehead atoms. The fourth-order valence-electron chi connectivity index (χ4n) is 2.02. The van der Waals surface area contributed by atoms with Crippen LogP contribution in [0.1, 0.15) is 6.23 Å². The zero-order chi connectivity index (χ0) is 14.2. The number of nitrogens with zero attached hydrogens (tertiary/aromatic N) is 2. The summed E-state index contributed by atoms with van der Waals surface area (Å²) in [4.78, 5) is 15.1. The number of hydrogen-bond donors (Lipinski definition) is 3. The Morgan fingerprint density at radius 1 is 1.74 bits per heavy atom. The predicted molar refractivity (Wildman–Crippen MR) is 63.9 cm³/mol. The Balaban J connectivity index is 2.48. The monoisotopic (exact) mass is 271 g/mol. The average molecular weight is 271 g/mol. The summed E-state index contributed by atoms with van der Waals surface area (Å²) in [6, 6.07) is 1.30. The second-order valence-electron chi connectivity index (χ2n) is 4.23. The fraction of sp³-hybridized carbons (Fsp3) is 0.455. The highest BCUT2D eigenvalue weighted by Crippen LogP contribution is 2.41. The molecule has 1 fully saturated rings. The molecule has 19 heavy (non-hydrogen) atoms. The number of anilines is 1. The lowest BCUT2D eigenvalue weighted by Crippen LogP contribution is -2.43. The van der Waals surface area contributed by atoms with Crippen molar-refractivity contribution in [2.75, 3.05) is 12.3 Å². The Bertz CT molecular complexity index is 549. The van der Waals surface area contributed by atoms with Crippen LogP contribution in [0, 0.1) is 0 Å². The maximum Gasteiger partial charge on any atom is 0.351 e. The highest BCUT2D eigenvalue weighted by molar-refractivity contribution is 5.24. The zero-order valence-electron chi connectivity index (χ0n) is 9.94. The molecule has 2 rings (SSSR count). The van der Waals surface area contributed by atoms with Gasteiger partial charge >= 0.3 is 5.69 Å². The van der Waals surface area contributed by atoms with Crippen molar-refractivity contribution in [1.29, 1.82) is 0 Å². The molecule has 1 aliphatic heterocycles. The Kier molecular flexibility index (Phi) is 3.40. The highest BCUT2D eigenvalue weighted by Gasteiger charge is 2.56. The predicted octanol–water partition coefficient (Wildman–Crippen LogP) is -1.03. The average Bonchev–Trinajstić information content (AvgIpc) is 2.63. The van der Waals surface area contributed by atoms with Gasteiger partial charge in [0.15, 0.2) is 6.23 Å². The molecule has 0 aliphatic carbocycles. The van der Waals surface area contributed by atoms with Crippen LogP contribution in [0.5, 0.6) is 0 Å². The largest absolute Gasteiger partial charge is 0.394 e. The molecule has 0 aromatic carbocycles. The van der Waals surface area contributed by atoms with Gasteiger partial charge in [0, 0.05) is 6.20 Å². The van der Waals surface area contributed by atoms with Crippen molar-refractivity contribution >= 4 is 5.82 Å². The third-order valence-corrected chi connectivity index (χ3v) is 3.08. The van der Waals surface area contributed by atoms with E-state index in [1.165, 1.54) is 12.3 Å². The molecule has 2 heterocycles. The maximum absolute atomic E-state index is 14.7. The first kappa shape index (κ1) is 13.7. The summed E-state index contributed by atoms with van der Waals surface area (Å²) in [6.07, 6.45) is -2.19. The van der Waals surface area contributed by atoms with Gasteiger partial charge < -0.3 is 20.7 Å². The van der Waals surface area contributed by atoms with Gasteiger partial charge in [0.1, 0.15) is 18.0 Å². The molecule has 104 valence electrons. The number of rotatable bonds is 3. The van der Waals surface area contributed by atoms with E-state index in [0.717, 1.165) is 10.6 Å². The zero-order valence-corrected chi connectivity index (χ0v) is 9.94. The lowest BCUT2D eigenvalue weighted by Gasteiger charge is -2.25. The van der Waals surface area contributed by atoms with E-state index in [1.54, 1.807) is 0 Å². The molecule has 1 aliphatic rings. The quantitative estimate of drug-likeness (QED) is 0.606. The molecule has 2 unspecified atom stereocenters. The number of nitrogens with two attached hydrogens (primary N) is 1. The molecule has 1 aromatic rings. The molecule has 4 atom stereocenters. The van der Waals surface area contributed by atoms with Gasteiger partial charge in [-0.3, -0.25) is 4.57 Å². The molecule has 8 heteroatoms. The molecule has 0 spiro atoms. The molecule has 0 amide bonds. The van der Waals surface area contributed by atoms with E-state index in [0.29, 0.717) is 0 Å². The van der Waals surface area contributed by atoms with Gasteiger partial charge in [0.25, 0.3) is 0 Å². The minimum absolute atomic E-state index is 0.0124. The van der Waals surface area contributed by atoms with Crippen molar-refractivity contribution in [3.8, 4) is 0 Å². The summed E-state index contributed by atoms with van der Waals surface area (Å²) in [6.45, 7) is 2.71. The minimum atomic E-state index is -2.41. The molecule has 1 saturated heterocycles. The maximum atomic E-state index is 14.7. The first-order valence-corrected chi connectivity index (χ1v) is 5.55. The van der Waals surface area contributed by atoms with Crippen LogP contribution in [0.4, 0.5) is 10.2 Å². The van der Waals surface area contributed by atoms with Crippen molar-refractivity contribution in [3.63, 3.8) is 0 Å². The number of aliphatic hydroxyl groups is 2. The number of hydrogen-bond acceptors (Lipinski definition) is 6. The van der Waals surface area contributed by atoms with Gasteiger partial charge in [-0.25, -0.2) is 9.18 Å². The summed E-state index contributed by atoms with van der Waals surface area (Å²) in [5.41, 5.74) is 2.11. The number of aliphatic hydroxyl groups excluding tert-OH is 2. The number of alkyl halides is 1. The Hall–Kier alpha value is -1.77. The van der Waals surface area contributed by atoms with E-state index in [1.807, 2.05) is 0 Å². The Morgan fingerprint density at radius 2 is 2.42 bits per heavy atom. The summed E-state index contributed by atoms with van der Waals surface area (Å²) >= 11 is 0. The van der Waals surface area contributed by atoms with E-state index >= 15 is 0 Å². The number of halogens is 1. The lowest BCUT2D eigenvalue weighted by atomic mass is 9.96. The van der Waals surface area contributed by atoms with Crippen LogP contribution >= 0.6 is 0 Å². The van der Waals surface area contributed by atoms with Crippen LogP contribution in [0.25, 0.3) is 0 Å². The summed E-state index contributed by atoms with van der Waals surface area (Å²) in [5.74, 6) is -0.0124. The van der Waals surface area contributed by atoms with Gasteiger partial charge in [0.2, 0.25) is 5.67 Å². The SMILES string of the molecule is C=CC1(F)C(O)[C@@H](CO)O[C@H]1n1ccc(N)nc1=O. The third kappa shape index (κ3) is 2.03.